The normalized spacial score (nSPS) is 21.8. The third kappa shape index (κ3) is 5.23. The van der Waals surface area contributed by atoms with Crippen LogP contribution in [-0.2, 0) is 14.3 Å². The molecule has 1 saturated heterocycles. The van der Waals surface area contributed by atoms with Crippen molar-refractivity contribution < 1.29 is 19.1 Å². The van der Waals surface area contributed by atoms with Crippen LogP contribution in [-0.4, -0.2) is 41.8 Å². The molecule has 1 aliphatic rings. The van der Waals surface area contributed by atoms with Gasteiger partial charge in [-0.3, -0.25) is 0 Å². The standard InChI is InChI=1S/C15H25NO4/c1-6-19-13(17)10-12-7-8-16(11(2)9-12)14(18)20-15(3,4)5/h10-11H,6-9H2,1-5H3. The Hall–Kier alpha value is -1.52. The SMILES string of the molecule is CCOC(=O)C=C1CCN(C(=O)OC(C)(C)C)C(C)C1. The Morgan fingerprint density at radius 3 is 2.55 bits per heavy atom. The fourth-order valence-electron chi connectivity index (χ4n) is 2.15. The van der Waals surface area contributed by atoms with Crippen molar-refractivity contribution in [3.63, 3.8) is 0 Å². The van der Waals surface area contributed by atoms with Crippen molar-refractivity contribution in [1.29, 1.82) is 0 Å². The zero-order valence-electron chi connectivity index (χ0n) is 13.1. The van der Waals surface area contributed by atoms with Gasteiger partial charge in [-0.2, -0.15) is 0 Å². The van der Waals surface area contributed by atoms with E-state index in [1.54, 1.807) is 17.9 Å². The molecule has 1 heterocycles. The van der Waals surface area contributed by atoms with Crippen LogP contribution in [0.5, 0.6) is 0 Å². The molecule has 0 aliphatic carbocycles. The van der Waals surface area contributed by atoms with Gasteiger partial charge < -0.3 is 14.4 Å². The highest BCUT2D eigenvalue weighted by Gasteiger charge is 2.29. The van der Waals surface area contributed by atoms with Gasteiger partial charge in [0.2, 0.25) is 0 Å². The molecule has 5 heteroatoms. The van der Waals surface area contributed by atoms with Crippen LogP contribution in [0.25, 0.3) is 0 Å². The van der Waals surface area contributed by atoms with Gasteiger partial charge in [-0.15, -0.1) is 0 Å². The Morgan fingerprint density at radius 1 is 1.40 bits per heavy atom. The summed E-state index contributed by atoms with van der Waals surface area (Å²) in [5.74, 6) is -0.305. The lowest BCUT2D eigenvalue weighted by Gasteiger charge is -2.35. The zero-order valence-corrected chi connectivity index (χ0v) is 13.1. The molecule has 0 saturated carbocycles. The highest BCUT2D eigenvalue weighted by Crippen LogP contribution is 2.24. The third-order valence-corrected chi connectivity index (χ3v) is 3.00. The summed E-state index contributed by atoms with van der Waals surface area (Å²) in [7, 11) is 0. The van der Waals surface area contributed by atoms with Crippen molar-refractivity contribution in [3.05, 3.63) is 11.6 Å². The van der Waals surface area contributed by atoms with Gasteiger partial charge in [0.15, 0.2) is 0 Å². The van der Waals surface area contributed by atoms with Crippen LogP contribution >= 0.6 is 0 Å². The summed E-state index contributed by atoms with van der Waals surface area (Å²) in [6.07, 6.45) is 2.62. The number of carbonyl (C=O) groups is 2. The number of piperidine rings is 1. The van der Waals surface area contributed by atoms with Crippen LogP contribution in [0.4, 0.5) is 4.79 Å². The fraction of sp³-hybridized carbons (Fsp3) is 0.733. The lowest BCUT2D eigenvalue weighted by molar-refractivity contribution is -0.137. The first-order chi connectivity index (χ1) is 9.23. The van der Waals surface area contributed by atoms with Gasteiger partial charge in [0.25, 0.3) is 0 Å². The van der Waals surface area contributed by atoms with Crippen LogP contribution in [0.3, 0.4) is 0 Å². The quantitative estimate of drug-likeness (QED) is 0.577. The van der Waals surface area contributed by atoms with Crippen molar-refractivity contribution >= 4 is 12.1 Å². The number of carbonyl (C=O) groups excluding carboxylic acids is 2. The van der Waals surface area contributed by atoms with Crippen molar-refractivity contribution in [2.75, 3.05) is 13.2 Å². The predicted octanol–water partition coefficient (Wildman–Crippen LogP) is 2.90. The van der Waals surface area contributed by atoms with E-state index in [2.05, 4.69) is 0 Å². The summed E-state index contributed by atoms with van der Waals surface area (Å²) in [5, 5.41) is 0. The van der Waals surface area contributed by atoms with Crippen LogP contribution in [0.1, 0.15) is 47.5 Å². The van der Waals surface area contributed by atoms with Crippen LogP contribution in [0.15, 0.2) is 11.6 Å². The number of nitrogens with zero attached hydrogens (tertiary/aromatic N) is 1. The Morgan fingerprint density at radius 2 is 2.05 bits per heavy atom. The summed E-state index contributed by atoms with van der Waals surface area (Å²) in [6.45, 7) is 10.2. The Kier molecular flexibility index (Phi) is 5.60. The molecule has 0 aromatic rings. The van der Waals surface area contributed by atoms with E-state index in [4.69, 9.17) is 9.47 Å². The van der Waals surface area contributed by atoms with E-state index in [1.165, 1.54) is 0 Å². The molecule has 20 heavy (non-hydrogen) atoms. The van der Waals surface area contributed by atoms with Crippen molar-refractivity contribution in [2.24, 2.45) is 0 Å². The average Bonchev–Trinajstić information content (AvgIpc) is 2.26. The van der Waals surface area contributed by atoms with Gasteiger partial charge in [0, 0.05) is 18.7 Å². The molecule has 114 valence electrons. The van der Waals surface area contributed by atoms with E-state index in [0.29, 0.717) is 26.0 Å². The Bertz CT molecular complexity index is 395. The summed E-state index contributed by atoms with van der Waals surface area (Å²) in [4.78, 5) is 25.2. The maximum Gasteiger partial charge on any atom is 0.410 e. The molecule has 5 nitrogen and oxygen atoms in total. The minimum atomic E-state index is -0.488. The van der Waals surface area contributed by atoms with E-state index < -0.39 is 5.60 Å². The number of hydrogen-bond acceptors (Lipinski definition) is 4. The molecule has 1 aliphatic heterocycles. The van der Waals surface area contributed by atoms with Gasteiger partial charge in [-0.05, 0) is 47.5 Å². The molecule has 1 unspecified atom stereocenters. The molecule has 1 fully saturated rings. The molecular weight excluding hydrogens is 258 g/mol. The maximum atomic E-state index is 12.0. The van der Waals surface area contributed by atoms with Crippen molar-refractivity contribution in [2.45, 2.75) is 59.1 Å². The second kappa shape index (κ2) is 6.77. The molecule has 1 atom stereocenters. The molecule has 1 amide bonds. The van der Waals surface area contributed by atoms with Gasteiger partial charge in [0.1, 0.15) is 5.60 Å². The van der Waals surface area contributed by atoms with Crippen LogP contribution < -0.4 is 0 Å². The highest BCUT2D eigenvalue weighted by molar-refractivity contribution is 5.83. The second-order valence-corrected chi connectivity index (χ2v) is 6.03. The Balaban J connectivity index is 2.60. The van der Waals surface area contributed by atoms with Crippen molar-refractivity contribution in [1.82, 2.24) is 4.90 Å². The molecule has 1 rings (SSSR count). The molecule has 0 spiro atoms. The lowest BCUT2D eigenvalue weighted by Crippen LogP contribution is -2.45. The van der Waals surface area contributed by atoms with E-state index in [-0.39, 0.29) is 18.1 Å². The molecule has 0 radical (unpaired) electrons. The van der Waals surface area contributed by atoms with Gasteiger partial charge in [-0.25, -0.2) is 9.59 Å². The minimum absolute atomic E-state index is 0.0271. The first kappa shape index (κ1) is 16.5. The summed E-state index contributed by atoms with van der Waals surface area (Å²) >= 11 is 0. The van der Waals surface area contributed by atoms with E-state index in [1.807, 2.05) is 27.7 Å². The monoisotopic (exact) mass is 283 g/mol. The first-order valence-corrected chi connectivity index (χ1v) is 7.08. The van der Waals surface area contributed by atoms with Crippen LogP contribution in [0.2, 0.25) is 0 Å². The van der Waals surface area contributed by atoms with Gasteiger partial charge >= 0.3 is 12.1 Å². The predicted molar refractivity (Wildman–Crippen MR) is 76.4 cm³/mol. The number of rotatable bonds is 2. The summed E-state index contributed by atoms with van der Waals surface area (Å²) < 4.78 is 10.3. The summed E-state index contributed by atoms with van der Waals surface area (Å²) in [5.41, 5.74) is 0.536. The number of amides is 1. The topological polar surface area (TPSA) is 55.8 Å². The highest BCUT2D eigenvalue weighted by atomic mass is 16.6. The number of ether oxygens (including phenoxy) is 2. The summed E-state index contributed by atoms with van der Waals surface area (Å²) in [6, 6.07) is 0.0271. The molecule has 0 aromatic carbocycles. The zero-order chi connectivity index (χ0) is 15.3. The molecule has 0 bridgehead atoms. The molecule has 0 N–H and O–H groups in total. The number of hydrogen-bond donors (Lipinski definition) is 0. The number of esters is 1. The second-order valence-electron chi connectivity index (χ2n) is 6.03. The van der Waals surface area contributed by atoms with Gasteiger partial charge in [-0.1, -0.05) is 5.57 Å². The molecule has 0 aromatic heterocycles. The largest absolute Gasteiger partial charge is 0.463 e. The smallest absolute Gasteiger partial charge is 0.410 e. The first-order valence-electron chi connectivity index (χ1n) is 7.08. The number of likely N-dealkylation sites (tertiary alicyclic amines) is 1. The van der Waals surface area contributed by atoms with Crippen molar-refractivity contribution in [3.8, 4) is 0 Å². The van der Waals surface area contributed by atoms with E-state index in [9.17, 15) is 9.59 Å². The molecular formula is C15H25NO4. The van der Waals surface area contributed by atoms with Crippen LogP contribution in [0, 0.1) is 0 Å². The van der Waals surface area contributed by atoms with E-state index in [0.717, 1.165) is 5.57 Å². The Labute approximate surface area is 120 Å². The third-order valence-electron chi connectivity index (χ3n) is 3.00. The lowest BCUT2D eigenvalue weighted by atomic mass is 9.98. The fourth-order valence-corrected chi connectivity index (χ4v) is 2.15. The van der Waals surface area contributed by atoms with Gasteiger partial charge in [0.05, 0.1) is 6.61 Å². The van der Waals surface area contributed by atoms with E-state index >= 15 is 0 Å². The minimum Gasteiger partial charge on any atom is -0.463 e. The average molecular weight is 283 g/mol. The maximum absolute atomic E-state index is 12.0.